The fraction of sp³-hybridized carbons (Fsp3) is 0.700. The fourth-order valence-electron chi connectivity index (χ4n) is 4.33. The van der Waals surface area contributed by atoms with Crippen LogP contribution in [0.3, 0.4) is 0 Å². The summed E-state index contributed by atoms with van der Waals surface area (Å²) in [4.78, 5) is 0. The van der Waals surface area contributed by atoms with Crippen LogP contribution < -0.4 is 0 Å². The Hall–Kier alpha value is -0.780. The van der Waals surface area contributed by atoms with E-state index in [-0.39, 0.29) is 0 Å². The van der Waals surface area contributed by atoms with Crippen LogP contribution in [0.2, 0.25) is 0 Å². The number of hydrogen-bond donors (Lipinski definition) is 0. The molecule has 4 aliphatic rings. The van der Waals surface area contributed by atoms with Crippen LogP contribution in [-0.2, 0) is 0 Å². The molecule has 0 amide bonds. The summed E-state index contributed by atoms with van der Waals surface area (Å²) in [5.74, 6) is 1.02. The van der Waals surface area contributed by atoms with E-state index < -0.39 is 0 Å². The maximum Gasteiger partial charge on any atom is -0.0136 e. The molecule has 0 spiro atoms. The van der Waals surface area contributed by atoms with Crippen molar-refractivity contribution >= 4 is 0 Å². The third kappa shape index (κ3) is 3.65. The summed E-state index contributed by atoms with van der Waals surface area (Å²) in [6.45, 7) is 0. The van der Waals surface area contributed by atoms with E-state index in [9.17, 15) is 0 Å². The van der Waals surface area contributed by atoms with Crippen LogP contribution in [0.5, 0.6) is 0 Å². The lowest BCUT2D eigenvalue weighted by atomic mass is 9.78. The molecule has 1 atom stereocenters. The summed E-state index contributed by atoms with van der Waals surface area (Å²) in [6.07, 6.45) is 25.5. The first-order valence-electron chi connectivity index (χ1n) is 8.97. The van der Waals surface area contributed by atoms with Gasteiger partial charge in [0.25, 0.3) is 0 Å². The van der Waals surface area contributed by atoms with Crippen LogP contribution >= 0.6 is 0 Å². The first-order chi connectivity index (χ1) is 9.93. The van der Waals surface area contributed by atoms with Crippen molar-refractivity contribution in [3.8, 4) is 0 Å². The predicted molar refractivity (Wildman–Crippen MR) is 87.8 cm³/mol. The highest BCUT2D eigenvalue weighted by Gasteiger charge is 2.20. The molecule has 0 radical (unpaired) electrons. The molecular weight excluding hydrogens is 240 g/mol. The lowest BCUT2D eigenvalue weighted by Gasteiger charge is -2.28. The van der Waals surface area contributed by atoms with Crippen LogP contribution in [0, 0.1) is 5.92 Å². The molecule has 0 heterocycles. The van der Waals surface area contributed by atoms with E-state index in [1.54, 1.807) is 16.7 Å². The first-order valence-corrected chi connectivity index (χ1v) is 8.97. The van der Waals surface area contributed by atoms with Crippen molar-refractivity contribution < 1.29 is 0 Å². The molecule has 0 aromatic heterocycles. The lowest BCUT2D eigenvalue weighted by molar-refractivity contribution is 0.402. The molecule has 0 bridgehead atoms. The van der Waals surface area contributed by atoms with Crippen LogP contribution in [-0.4, -0.2) is 0 Å². The van der Waals surface area contributed by atoms with Gasteiger partial charge in [0.1, 0.15) is 0 Å². The number of hydrogen-bond acceptors (Lipinski definition) is 0. The van der Waals surface area contributed by atoms with E-state index in [0.29, 0.717) is 0 Å². The summed E-state index contributed by atoms with van der Waals surface area (Å²) < 4.78 is 0. The highest BCUT2D eigenvalue weighted by molar-refractivity contribution is 5.25. The fourth-order valence-corrected chi connectivity index (χ4v) is 4.33. The molecule has 1 unspecified atom stereocenters. The minimum atomic E-state index is 1.02. The second-order valence-corrected chi connectivity index (χ2v) is 6.95. The third-order valence-electron chi connectivity index (χ3n) is 5.56. The van der Waals surface area contributed by atoms with Crippen molar-refractivity contribution in [3.63, 3.8) is 0 Å². The molecule has 0 N–H and O–H groups in total. The highest BCUT2D eigenvalue weighted by Crippen LogP contribution is 2.36. The summed E-state index contributed by atoms with van der Waals surface area (Å²) in [7, 11) is 0. The number of rotatable bonds is 0. The topological polar surface area (TPSA) is 0 Å². The van der Waals surface area contributed by atoms with E-state index in [4.69, 9.17) is 0 Å². The van der Waals surface area contributed by atoms with Crippen molar-refractivity contribution in [2.75, 3.05) is 0 Å². The van der Waals surface area contributed by atoms with Crippen LogP contribution in [0.1, 0.15) is 83.5 Å². The molecule has 0 aromatic rings. The Kier molecular flexibility index (Phi) is 5.17. The van der Waals surface area contributed by atoms with Crippen LogP contribution in [0.25, 0.3) is 0 Å². The standard InChI is InChI=1S/C10H16.C10H14/c2*1-2-6-10-8-4-3-7-9(10)5-1/h5,10H,1-4,6-8H2;1-2H,3-8H2. The molecule has 0 aromatic carbocycles. The Bertz CT molecular complexity index is 388. The molecule has 4 aliphatic carbocycles. The van der Waals surface area contributed by atoms with E-state index >= 15 is 0 Å². The van der Waals surface area contributed by atoms with Crippen molar-refractivity contribution in [1.82, 2.24) is 0 Å². The van der Waals surface area contributed by atoms with Crippen molar-refractivity contribution in [2.45, 2.75) is 83.5 Å². The van der Waals surface area contributed by atoms with Gasteiger partial charge in [0.05, 0.1) is 0 Å². The van der Waals surface area contributed by atoms with Gasteiger partial charge in [0.2, 0.25) is 0 Å². The molecule has 1 fully saturated rings. The molecule has 110 valence electrons. The number of fused-ring (bicyclic) bond motifs is 1. The molecule has 0 heteroatoms. The zero-order chi connectivity index (χ0) is 13.6. The SMILES string of the molecule is C1=C2CCCCC2CCC1.C1=CCC2=C(C1)CCCC2. The average Bonchev–Trinajstić information content (AvgIpc) is 2.56. The molecular formula is C20H30. The Morgan fingerprint density at radius 1 is 0.700 bits per heavy atom. The van der Waals surface area contributed by atoms with E-state index in [2.05, 4.69) is 18.2 Å². The molecule has 20 heavy (non-hydrogen) atoms. The van der Waals surface area contributed by atoms with Crippen molar-refractivity contribution in [3.05, 3.63) is 34.9 Å². The van der Waals surface area contributed by atoms with Crippen molar-refractivity contribution in [1.29, 1.82) is 0 Å². The van der Waals surface area contributed by atoms with Crippen LogP contribution in [0.4, 0.5) is 0 Å². The van der Waals surface area contributed by atoms with E-state index in [1.165, 1.54) is 83.5 Å². The summed E-state index contributed by atoms with van der Waals surface area (Å²) in [5, 5.41) is 0. The first kappa shape index (κ1) is 14.2. The normalized spacial score (nSPS) is 28.8. The molecule has 0 nitrogen and oxygen atoms in total. The van der Waals surface area contributed by atoms with Gasteiger partial charge in [-0.1, -0.05) is 41.4 Å². The zero-order valence-corrected chi connectivity index (χ0v) is 13.0. The highest BCUT2D eigenvalue weighted by atomic mass is 14.3. The maximum absolute atomic E-state index is 2.51. The Morgan fingerprint density at radius 2 is 1.35 bits per heavy atom. The predicted octanol–water partition coefficient (Wildman–Crippen LogP) is 6.49. The van der Waals surface area contributed by atoms with Gasteiger partial charge in [0.15, 0.2) is 0 Å². The second kappa shape index (κ2) is 7.29. The van der Waals surface area contributed by atoms with Gasteiger partial charge in [-0.15, -0.1) is 0 Å². The molecule has 4 rings (SSSR count). The van der Waals surface area contributed by atoms with E-state index in [0.717, 1.165) is 5.92 Å². The van der Waals surface area contributed by atoms with Gasteiger partial charge < -0.3 is 0 Å². The largest absolute Gasteiger partial charge is 0.0851 e. The third-order valence-corrected chi connectivity index (χ3v) is 5.56. The minimum absolute atomic E-state index is 1.02. The van der Waals surface area contributed by atoms with Gasteiger partial charge in [-0.2, -0.15) is 0 Å². The van der Waals surface area contributed by atoms with E-state index in [1.807, 2.05) is 0 Å². The van der Waals surface area contributed by atoms with Gasteiger partial charge in [-0.25, -0.2) is 0 Å². The molecule has 1 saturated carbocycles. The minimum Gasteiger partial charge on any atom is -0.0851 e. The van der Waals surface area contributed by atoms with Gasteiger partial charge in [0, 0.05) is 0 Å². The summed E-state index contributed by atoms with van der Waals surface area (Å²) in [6, 6.07) is 0. The summed E-state index contributed by atoms with van der Waals surface area (Å²) >= 11 is 0. The monoisotopic (exact) mass is 270 g/mol. The Morgan fingerprint density at radius 3 is 2.05 bits per heavy atom. The Balaban J connectivity index is 0.000000121. The smallest absolute Gasteiger partial charge is 0.0136 e. The van der Waals surface area contributed by atoms with Gasteiger partial charge in [-0.05, 0) is 83.0 Å². The average molecular weight is 270 g/mol. The molecule has 0 saturated heterocycles. The summed E-state index contributed by atoms with van der Waals surface area (Å²) in [5.41, 5.74) is 5.32. The maximum atomic E-state index is 2.51. The second-order valence-electron chi connectivity index (χ2n) is 6.95. The van der Waals surface area contributed by atoms with Gasteiger partial charge >= 0.3 is 0 Å². The lowest BCUT2D eigenvalue weighted by Crippen LogP contribution is -2.12. The quantitative estimate of drug-likeness (QED) is 0.441. The zero-order valence-electron chi connectivity index (χ0n) is 13.0. The van der Waals surface area contributed by atoms with Crippen LogP contribution in [0.15, 0.2) is 34.9 Å². The molecule has 0 aliphatic heterocycles. The van der Waals surface area contributed by atoms with Crippen molar-refractivity contribution in [2.24, 2.45) is 5.92 Å². The number of allylic oxidation sites excluding steroid dienone is 6. The van der Waals surface area contributed by atoms with Gasteiger partial charge in [-0.3, -0.25) is 0 Å². The Labute approximate surface area is 125 Å².